The third kappa shape index (κ3) is 2.20. The van der Waals surface area contributed by atoms with Gasteiger partial charge in [0.05, 0.1) is 39.4 Å². The number of nitrogens with zero attached hydrogens (tertiary/aromatic N) is 2. The average Bonchev–Trinajstić information content (AvgIpc) is 2.80. The van der Waals surface area contributed by atoms with Crippen LogP contribution in [-0.2, 0) is 7.05 Å². The highest BCUT2D eigenvalue weighted by Gasteiger charge is 2.17. The molecule has 3 aromatic rings. The van der Waals surface area contributed by atoms with Gasteiger partial charge < -0.3 is 15.0 Å². The van der Waals surface area contributed by atoms with E-state index in [9.17, 15) is 0 Å². The predicted molar refractivity (Wildman–Crippen MR) is 87.1 cm³/mol. The molecular weight excluding hydrogens is 309 g/mol. The number of imidazole rings is 1. The number of aromatic nitrogens is 2. The monoisotopic (exact) mass is 321 g/mol. The molecule has 0 fully saturated rings. The van der Waals surface area contributed by atoms with E-state index in [0.29, 0.717) is 21.5 Å². The van der Waals surface area contributed by atoms with Crippen molar-refractivity contribution < 1.29 is 4.74 Å². The van der Waals surface area contributed by atoms with E-state index < -0.39 is 0 Å². The molecule has 0 spiro atoms. The highest BCUT2D eigenvalue weighted by Crippen LogP contribution is 2.37. The minimum atomic E-state index is 0.462. The Morgan fingerprint density at radius 2 is 1.95 bits per heavy atom. The molecule has 0 saturated carbocycles. The van der Waals surface area contributed by atoms with Crippen molar-refractivity contribution in [1.82, 2.24) is 9.55 Å². The molecule has 0 bridgehead atoms. The first-order valence-electron chi connectivity index (χ1n) is 6.27. The number of aryl methyl sites for hydroxylation is 1. The summed E-state index contributed by atoms with van der Waals surface area (Å²) in [5.74, 6) is 1.34. The molecule has 0 aliphatic carbocycles. The maximum absolute atomic E-state index is 6.26. The molecule has 108 valence electrons. The van der Waals surface area contributed by atoms with Crippen molar-refractivity contribution >= 4 is 39.9 Å². The number of para-hydroxylation sites is 1. The largest absolute Gasteiger partial charge is 0.496 e. The Kier molecular flexibility index (Phi) is 3.43. The highest BCUT2D eigenvalue weighted by molar-refractivity contribution is 6.35. The summed E-state index contributed by atoms with van der Waals surface area (Å²) in [5.41, 5.74) is 8.74. The minimum absolute atomic E-state index is 0.462. The van der Waals surface area contributed by atoms with Crippen LogP contribution >= 0.6 is 23.2 Å². The SMILES string of the molecule is COc1cc(N)c(Cl)cc1-c1nc2cccc(Cl)c2n1C. The smallest absolute Gasteiger partial charge is 0.144 e. The van der Waals surface area contributed by atoms with Gasteiger partial charge in [-0.15, -0.1) is 0 Å². The first-order valence-corrected chi connectivity index (χ1v) is 7.03. The lowest BCUT2D eigenvalue weighted by Crippen LogP contribution is -1.98. The zero-order valence-electron chi connectivity index (χ0n) is 11.5. The van der Waals surface area contributed by atoms with Gasteiger partial charge in [-0.05, 0) is 18.2 Å². The van der Waals surface area contributed by atoms with Gasteiger partial charge in [0, 0.05) is 13.1 Å². The van der Waals surface area contributed by atoms with Crippen LogP contribution in [0.1, 0.15) is 0 Å². The van der Waals surface area contributed by atoms with Crippen molar-refractivity contribution in [1.29, 1.82) is 0 Å². The number of ether oxygens (including phenoxy) is 1. The summed E-state index contributed by atoms with van der Waals surface area (Å²) in [6.07, 6.45) is 0. The van der Waals surface area contributed by atoms with Gasteiger partial charge in [0.25, 0.3) is 0 Å². The second-order valence-electron chi connectivity index (χ2n) is 4.68. The molecule has 0 radical (unpaired) electrons. The van der Waals surface area contributed by atoms with Crippen molar-refractivity contribution in [2.24, 2.45) is 7.05 Å². The van der Waals surface area contributed by atoms with Crippen molar-refractivity contribution in [2.75, 3.05) is 12.8 Å². The van der Waals surface area contributed by atoms with Gasteiger partial charge in [0.2, 0.25) is 0 Å². The lowest BCUT2D eigenvalue weighted by Gasteiger charge is -2.11. The summed E-state index contributed by atoms with van der Waals surface area (Å²) < 4.78 is 7.31. The van der Waals surface area contributed by atoms with Crippen molar-refractivity contribution in [3.63, 3.8) is 0 Å². The van der Waals surface area contributed by atoms with Crippen LogP contribution in [0.2, 0.25) is 10.0 Å². The number of hydrogen-bond acceptors (Lipinski definition) is 3. The predicted octanol–water partition coefficient (Wildman–Crippen LogP) is 4.14. The molecule has 1 aromatic heterocycles. The molecule has 0 aliphatic rings. The Balaban J connectivity index is 2.33. The Bertz CT molecular complexity index is 843. The highest BCUT2D eigenvalue weighted by atomic mass is 35.5. The fourth-order valence-electron chi connectivity index (χ4n) is 2.37. The number of nitrogen functional groups attached to an aromatic ring is 1. The van der Waals surface area contributed by atoms with E-state index in [2.05, 4.69) is 4.98 Å². The number of anilines is 1. The summed E-state index contributed by atoms with van der Waals surface area (Å²) in [7, 11) is 3.49. The van der Waals surface area contributed by atoms with Crippen LogP contribution in [0.25, 0.3) is 22.4 Å². The van der Waals surface area contributed by atoms with Crippen molar-refractivity contribution in [3.05, 3.63) is 40.4 Å². The third-order valence-corrected chi connectivity index (χ3v) is 4.04. The van der Waals surface area contributed by atoms with Crippen LogP contribution in [0.4, 0.5) is 5.69 Å². The first-order chi connectivity index (χ1) is 10.0. The normalized spacial score (nSPS) is 11.0. The van der Waals surface area contributed by atoms with Crippen LogP contribution in [-0.4, -0.2) is 16.7 Å². The number of fused-ring (bicyclic) bond motifs is 1. The number of rotatable bonds is 2. The number of nitrogens with two attached hydrogens (primary N) is 1. The van der Waals surface area contributed by atoms with Crippen LogP contribution in [0, 0.1) is 0 Å². The van der Waals surface area contributed by atoms with E-state index in [-0.39, 0.29) is 0 Å². The number of methoxy groups -OCH3 is 1. The van der Waals surface area contributed by atoms with E-state index in [0.717, 1.165) is 22.4 Å². The summed E-state index contributed by atoms with van der Waals surface area (Å²) in [6.45, 7) is 0. The molecule has 4 nitrogen and oxygen atoms in total. The Morgan fingerprint density at radius 3 is 2.62 bits per heavy atom. The molecule has 21 heavy (non-hydrogen) atoms. The molecule has 0 aliphatic heterocycles. The Hall–Kier alpha value is -1.91. The van der Waals surface area contributed by atoms with E-state index in [4.69, 9.17) is 33.7 Å². The van der Waals surface area contributed by atoms with E-state index >= 15 is 0 Å². The lowest BCUT2D eigenvalue weighted by molar-refractivity contribution is 0.416. The van der Waals surface area contributed by atoms with Gasteiger partial charge in [-0.25, -0.2) is 4.98 Å². The van der Waals surface area contributed by atoms with Crippen LogP contribution in [0.5, 0.6) is 5.75 Å². The van der Waals surface area contributed by atoms with E-state index in [1.165, 1.54) is 0 Å². The second-order valence-corrected chi connectivity index (χ2v) is 5.49. The number of benzene rings is 2. The third-order valence-electron chi connectivity index (χ3n) is 3.40. The topological polar surface area (TPSA) is 53.1 Å². The maximum Gasteiger partial charge on any atom is 0.144 e. The quantitative estimate of drug-likeness (QED) is 0.722. The summed E-state index contributed by atoms with van der Waals surface area (Å²) in [4.78, 5) is 4.62. The van der Waals surface area contributed by atoms with Gasteiger partial charge in [-0.1, -0.05) is 29.3 Å². The molecular formula is C15H13Cl2N3O. The zero-order valence-corrected chi connectivity index (χ0v) is 13.0. The fraction of sp³-hybridized carbons (Fsp3) is 0.133. The van der Waals surface area contributed by atoms with Crippen molar-refractivity contribution in [2.45, 2.75) is 0 Å². The summed E-state index contributed by atoms with van der Waals surface area (Å²) in [6, 6.07) is 9.07. The molecule has 0 amide bonds. The number of hydrogen-bond donors (Lipinski definition) is 1. The van der Waals surface area contributed by atoms with Crippen LogP contribution in [0.15, 0.2) is 30.3 Å². The van der Waals surface area contributed by atoms with E-state index in [1.54, 1.807) is 19.2 Å². The standard InChI is InChI=1S/C15H13Cl2N3O/c1-20-14-9(16)4-3-5-12(14)19-15(20)8-6-10(17)11(18)7-13(8)21-2/h3-7H,18H2,1-2H3. The van der Waals surface area contributed by atoms with Gasteiger partial charge in [0.1, 0.15) is 11.6 Å². The molecule has 2 N–H and O–H groups in total. The molecule has 2 aromatic carbocycles. The number of halogens is 2. The Morgan fingerprint density at radius 1 is 1.19 bits per heavy atom. The average molecular weight is 322 g/mol. The summed E-state index contributed by atoms with van der Waals surface area (Å²) >= 11 is 12.4. The second kappa shape index (κ2) is 5.13. The molecule has 0 atom stereocenters. The van der Waals surface area contributed by atoms with Gasteiger partial charge in [0.15, 0.2) is 0 Å². The lowest BCUT2D eigenvalue weighted by atomic mass is 10.1. The Labute approximate surface area is 132 Å². The first kappa shape index (κ1) is 14.0. The summed E-state index contributed by atoms with van der Waals surface area (Å²) in [5, 5.41) is 1.11. The van der Waals surface area contributed by atoms with E-state index in [1.807, 2.05) is 29.8 Å². The van der Waals surface area contributed by atoms with Gasteiger partial charge >= 0.3 is 0 Å². The molecule has 3 rings (SSSR count). The molecule has 6 heteroatoms. The van der Waals surface area contributed by atoms with Crippen molar-refractivity contribution in [3.8, 4) is 17.1 Å². The molecule has 0 saturated heterocycles. The zero-order chi connectivity index (χ0) is 15.1. The molecule has 1 heterocycles. The van der Waals surface area contributed by atoms with Crippen LogP contribution < -0.4 is 10.5 Å². The minimum Gasteiger partial charge on any atom is -0.496 e. The molecule has 0 unspecified atom stereocenters. The van der Waals surface area contributed by atoms with Gasteiger partial charge in [-0.2, -0.15) is 0 Å². The fourth-order valence-corrected chi connectivity index (χ4v) is 2.83. The van der Waals surface area contributed by atoms with Gasteiger partial charge in [-0.3, -0.25) is 0 Å². The van der Waals surface area contributed by atoms with Crippen LogP contribution in [0.3, 0.4) is 0 Å². The maximum atomic E-state index is 6.26.